The fraction of sp³-hybridized carbons (Fsp3) is 0.0833. The summed E-state index contributed by atoms with van der Waals surface area (Å²) < 4.78 is 0. The number of aliphatic hydroxyl groups is 1. The minimum atomic E-state index is -0.0273. The van der Waals surface area contributed by atoms with Crippen LogP contribution in [0.3, 0.4) is 0 Å². The van der Waals surface area contributed by atoms with Crippen molar-refractivity contribution >= 4 is 0 Å². The third-order valence-electron chi connectivity index (χ3n) is 1.88. The average molecular weight is 259 g/mol. The van der Waals surface area contributed by atoms with Gasteiger partial charge < -0.3 is 15.8 Å². The summed E-state index contributed by atoms with van der Waals surface area (Å²) in [6.07, 6.45) is 6.62. The maximum absolute atomic E-state index is 9.88. The predicted molar refractivity (Wildman–Crippen MR) is 60.9 cm³/mol. The van der Waals surface area contributed by atoms with Crippen LogP contribution in [0.1, 0.15) is 0 Å². The molecule has 0 aromatic heterocycles. The molecule has 0 unspecified atom stereocenters. The normalized spacial score (nSPS) is 14.9. The molecule has 1 aliphatic rings. The Bertz CT molecular complexity index is 336. The van der Waals surface area contributed by atoms with Gasteiger partial charge in [0.2, 0.25) is 0 Å². The molecular weight excluding hydrogens is 246 g/mol. The first-order valence-electron chi connectivity index (χ1n) is 4.61. The van der Waals surface area contributed by atoms with Crippen molar-refractivity contribution < 1.29 is 22.2 Å². The minimum Gasteiger partial charge on any atom is -0.761 e. The van der Waals surface area contributed by atoms with Crippen molar-refractivity contribution in [1.82, 2.24) is 5.48 Å². The molecule has 0 saturated heterocycles. The average Bonchev–Trinajstić information content (AvgIpc) is 2.92. The molecule has 0 atom stereocenters. The van der Waals surface area contributed by atoms with Crippen molar-refractivity contribution in [3.8, 4) is 0 Å². The van der Waals surface area contributed by atoms with E-state index in [2.05, 4.69) is 0 Å². The Balaban J connectivity index is 0.000000318. The van der Waals surface area contributed by atoms with Gasteiger partial charge in [0.25, 0.3) is 0 Å². The number of nitrogens with one attached hydrogen (secondary N) is 1. The number of aliphatic hydroxyl groups excluding tert-OH is 1. The van der Waals surface area contributed by atoms with Gasteiger partial charge in [-0.3, -0.25) is 0 Å². The number of hydroxylamine groups is 1. The van der Waals surface area contributed by atoms with Gasteiger partial charge in [-0.1, -0.05) is 18.2 Å². The topological polar surface area (TPSA) is 55.3 Å². The molecule has 0 spiro atoms. The molecule has 0 radical (unpaired) electrons. The van der Waals surface area contributed by atoms with Gasteiger partial charge in [0.05, 0.1) is 6.61 Å². The Morgan fingerprint density at radius 1 is 1.38 bits per heavy atom. The van der Waals surface area contributed by atoms with Crippen molar-refractivity contribution in [1.29, 1.82) is 0 Å². The zero-order valence-electron chi connectivity index (χ0n) is 8.61. The van der Waals surface area contributed by atoms with Crippen LogP contribution in [0.15, 0.2) is 65.9 Å². The second-order valence-corrected chi connectivity index (χ2v) is 2.89. The van der Waals surface area contributed by atoms with E-state index in [1.165, 1.54) is 6.20 Å². The maximum Gasteiger partial charge on any atom is 2.00 e. The monoisotopic (exact) mass is 259 g/mol. The molecule has 2 N–H and O–H groups in total. The number of rotatable bonds is 2. The van der Waals surface area contributed by atoms with Crippen LogP contribution in [0.5, 0.6) is 0 Å². The molecule has 0 amide bonds. The summed E-state index contributed by atoms with van der Waals surface area (Å²) in [5.41, 5.74) is 3.17. The molecule has 1 aromatic carbocycles. The van der Waals surface area contributed by atoms with Crippen LogP contribution < -0.4 is 5.48 Å². The van der Waals surface area contributed by atoms with Crippen LogP contribution in [0.2, 0.25) is 0 Å². The van der Waals surface area contributed by atoms with E-state index >= 15 is 0 Å². The van der Waals surface area contributed by atoms with Gasteiger partial charge in [-0.2, -0.15) is 18.2 Å². The van der Waals surface area contributed by atoms with Gasteiger partial charge in [0.1, 0.15) is 0 Å². The summed E-state index contributed by atoms with van der Waals surface area (Å²) in [5, 5.41) is 18.6. The Labute approximate surface area is 106 Å². The smallest absolute Gasteiger partial charge is 0.761 e. The summed E-state index contributed by atoms with van der Waals surface area (Å²) in [6, 6.07) is 10.0. The van der Waals surface area contributed by atoms with Gasteiger partial charge >= 0.3 is 17.1 Å². The molecule has 0 bridgehead atoms. The third-order valence-corrected chi connectivity index (χ3v) is 1.88. The Hall–Kier alpha value is -1.19. The quantitative estimate of drug-likeness (QED) is 0.484. The van der Waals surface area contributed by atoms with Crippen molar-refractivity contribution in [3.63, 3.8) is 0 Å². The molecule has 16 heavy (non-hydrogen) atoms. The van der Waals surface area contributed by atoms with Gasteiger partial charge in [-0.05, 0) is 17.3 Å². The summed E-state index contributed by atoms with van der Waals surface area (Å²) in [7, 11) is 0. The van der Waals surface area contributed by atoms with Gasteiger partial charge in [-0.15, -0.1) is 0 Å². The van der Waals surface area contributed by atoms with E-state index in [4.69, 9.17) is 5.11 Å². The fourth-order valence-corrected chi connectivity index (χ4v) is 1.14. The molecule has 4 heteroatoms. The second kappa shape index (κ2) is 9.07. The van der Waals surface area contributed by atoms with Gasteiger partial charge in [0, 0.05) is 0 Å². The summed E-state index contributed by atoms with van der Waals surface area (Å²) in [6.45, 7) is -0.0273. The first-order valence-corrected chi connectivity index (χ1v) is 4.61. The van der Waals surface area contributed by atoms with Gasteiger partial charge in [-0.25, -0.2) is 12.1 Å². The summed E-state index contributed by atoms with van der Waals surface area (Å²) in [4.78, 5) is 0. The van der Waals surface area contributed by atoms with Crippen LogP contribution in [-0.4, -0.2) is 11.7 Å². The van der Waals surface area contributed by atoms with Crippen LogP contribution >= 0.6 is 0 Å². The largest absolute Gasteiger partial charge is 2.00 e. The van der Waals surface area contributed by atoms with Gasteiger partial charge in [0.15, 0.2) is 0 Å². The first kappa shape index (κ1) is 14.8. The zero-order chi connectivity index (χ0) is 10.9. The van der Waals surface area contributed by atoms with E-state index in [1.807, 2.05) is 30.3 Å². The van der Waals surface area contributed by atoms with E-state index in [9.17, 15) is 5.21 Å². The Morgan fingerprint density at radius 2 is 2.06 bits per heavy atom. The van der Waals surface area contributed by atoms with Crippen molar-refractivity contribution in [2.24, 2.45) is 0 Å². The number of hydrogen-bond donors (Lipinski definition) is 2. The van der Waals surface area contributed by atoms with Crippen molar-refractivity contribution in [2.75, 3.05) is 6.61 Å². The minimum absolute atomic E-state index is 0. The van der Waals surface area contributed by atoms with E-state index in [-0.39, 0.29) is 23.7 Å². The molecule has 3 nitrogen and oxygen atoms in total. The third kappa shape index (κ3) is 5.05. The fourth-order valence-electron chi connectivity index (χ4n) is 1.14. The molecular formula is C12H13FeNO2. The Kier molecular flexibility index (Phi) is 8.39. The molecule has 1 aromatic rings. The number of hydrogen-bond acceptors (Lipinski definition) is 3. The van der Waals surface area contributed by atoms with Crippen LogP contribution in [0.4, 0.5) is 0 Å². The van der Waals surface area contributed by atoms with Crippen LogP contribution in [-0.2, 0) is 17.1 Å². The maximum atomic E-state index is 9.88. The molecule has 0 saturated carbocycles. The van der Waals surface area contributed by atoms with E-state index in [0.29, 0.717) is 0 Å². The van der Waals surface area contributed by atoms with Crippen LogP contribution in [0, 0.1) is 5.21 Å². The van der Waals surface area contributed by atoms with E-state index in [0.717, 1.165) is 11.1 Å². The van der Waals surface area contributed by atoms with E-state index in [1.54, 1.807) is 23.7 Å². The standard InChI is InChI=1S/C7H8NO2.C5H5.Fe/c9-5-7-3-1-2-6(7)4-8-10;1-2-4-5-3-1;/h1-4,8-9H,5H2;1-5H;/q2*-1;+2. The zero-order valence-corrected chi connectivity index (χ0v) is 9.72. The van der Waals surface area contributed by atoms with Crippen molar-refractivity contribution in [3.05, 3.63) is 71.1 Å². The second-order valence-electron chi connectivity index (χ2n) is 2.89. The molecule has 86 valence electrons. The molecule has 0 heterocycles. The van der Waals surface area contributed by atoms with Crippen molar-refractivity contribution in [2.45, 2.75) is 0 Å². The Morgan fingerprint density at radius 3 is 2.50 bits per heavy atom. The summed E-state index contributed by atoms with van der Waals surface area (Å²) >= 11 is 0. The molecule has 1 aliphatic carbocycles. The van der Waals surface area contributed by atoms with Crippen LogP contribution in [0.25, 0.3) is 0 Å². The molecule has 2 rings (SSSR count). The predicted octanol–water partition coefficient (Wildman–Crippen LogP) is 1.85. The summed E-state index contributed by atoms with van der Waals surface area (Å²) in [5.74, 6) is 0. The number of allylic oxidation sites excluding steroid dienone is 3. The molecule has 0 fully saturated rings. The SMILES string of the molecule is [Fe+2].[O-]NC=C1C=CC=C1CO.c1cc[cH-]c1. The first-order chi connectivity index (χ1) is 7.38. The molecule has 0 aliphatic heterocycles. The van der Waals surface area contributed by atoms with E-state index < -0.39 is 0 Å².